The number of aryl methyl sites for hydroxylation is 1. The summed E-state index contributed by atoms with van der Waals surface area (Å²) in [6.45, 7) is 0. The van der Waals surface area contributed by atoms with Crippen LogP contribution in [-0.2, 0) is 27.1 Å². The summed E-state index contributed by atoms with van der Waals surface area (Å²) >= 11 is 0. The monoisotopic (exact) mass is 401 g/mol. The van der Waals surface area contributed by atoms with Crippen LogP contribution in [0.5, 0.6) is 5.75 Å². The molecule has 0 N–H and O–H groups in total. The minimum Gasteiger partial charge on any atom is -0.497 e. The van der Waals surface area contributed by atoms with Crippen LogP contribution in [0.25, 0.3) is 0 Å². The van der Waals surface area contributed by atoms with Crippen molar-refractivity contribution in [1.82, 2.24) is 4.90 Å². The average molecular weight is 402 g/mol. The lowest BCUT2D eigenvalue weighted by atomic mass is 9.73. The largest absolute Gasteiger partial charge is 0.497 e. The van der Waals surface area contributed by atoms with Crippen LogP contribution in [0.15, 0.2) is 48.5 Å². The molecule has 1 fully saturated rings. The summed E-state index contributed by atoms with van der Waals surface area (Å²) in [5.41, 5.74) is 3.68. The minimum absolute atomic E-state index is 0.0306. The van der Waals surface area contributed by atoms with Crippen LogP contribution in [0, 0.1) is 5.92 Å². The second kappa shape index (κ2) is 7.50. The third-order valence-corrected chi connectivity index (χ3v) is 6.75. The predicted octanol–water partition coefficient (Wildman–Crippen LogP) is 3.20. The average Bonchev–Trinajstić information content (AvgIpc) is 2.93. The van der Waals surface area contributed by atoms with Crippen LogP contribution in [0.1, 0.15) is 29.0 Å². The highest BCUT2D eigenvalue weighted by Gasteiger charge is 2.51. The van der Waals surface area contributed by atoms with E-state index in [1.807, 2.05) is 19.2 Å². The first-order valence-corrected chi connectivity index (χ1v) is 11.5. The Labute approximate surface area is 167 Å². The van der Waals surface area contributed by atoms with Crippen molar-refractivity contribution in [3.8, 4) is 5.75 Å². The van der Waals surface area contributed by atoms with Crippen molar-refractivity contribution in [2.24, 2.45) is 5.92 Å². The van der Waals surface area contributed by atoms with Gasteiger partial charge in [0, 0.05) is 12.0 Å². The molecule has 4 unspecified atom stereocenters. The predicted molar refractivity (Wildman–Crippen MR) is 109 cm³/mol. The lowest BCUT2D eigenvalue weighted by Crippen LogP contribution is -2.38. The number of hydrogen-bond donors (Lipinski definition) is 0. The number of likely N-dealkylation sites (N-methyl/N-ethyl adjacent to an activating group) is 1. The van der Waals surface area contributed by atoms with Gasteiger partial charge < -0.3 is 4.74 Å². The maximum absolute atomic E-state index is 12.0. The zero-order valence-corrected chi connectivity index (χ0v) is 17.4. The highest BCUT2D eigenvalue weighted by Crippen LogP contribution is 2.50. The molecule has 0 bridgehead atoms. The number of hydrogen-bond acceptors (Lipinski definition) is 5. The fourth-order valence-electron chi connectivity index (χ4n) is 4.98. The van der Waals surface area contributed by atoms with Crippen molar-refractivity contribution in [1.29, 1.82) is 0 Å². The molecule has 2 aliphatic rings. The highest BCUT2D eigenvalue weighted by molar-refractivity contribution is 7.86. The quantitative estimate of drug-likeness (QED) is 0.720. The number of benzene rings is 2. The number of likely N-dealkylation sites (tertiary alicyclic amines) is 1. The first-order valence-electron chi connectivity index (χ1n) is 9.68. The fraction of sp³-hybridized carbons (Fsp3) is 0.455. The van der Waals surface area contributed by atoms with Gasteiger partial charge in [-0.1, -0.05) is 36.4 Å². The minimum atomic E-state index is -3.57. The van der Waals surface area contributed by atoms with Gasteiger partial charge in [0.1, 0.15) is 12.0 Å². The Bertz CT molecular complexity index is 944. The van der Waals surface area contributed by atoms with Crippen LogP contribution >= 0.6 is 0 Å². The Kier molecular flexibility index (Phi) is 5.21. The molecule has 150 valence electrons. The van der Waals surface area contributed by atoms with E-state index in [1.165, 1.54) is 16.7 Å². The lowest BCUT2D eigenvalue weighted by Gasteiger charge is -2.32. The van der Waals surface area contributed by atoms with Gasteiger partial charge in [0.15, 0.2) is 0 Å². The Morgan fingerprint density at radius 2 is 1.89 bits per heavy atom. The van der Waals surface area contributed by atoms with Gasteiger partial charge >= 0.3 is 0 Å². The SMILES string of the molecule is COc1ccc2c(c1)CCC1C2C(OS(C)(=O)=O)N(C)C1Cc1ccccc1. The maximum Gasteiger partial charge on any atom is 0.265 e. The third kappa shape index (κ3) is 3.69. The molecule has 6 heteroatoms. The fourth-order valence-corrected chi connectivity index (χ4v) is 5.60. The first kappa shape index (κ1) is 19.4. The summed E-state index contributed by atoms with van der Waals surface area (Å²) < 4.78 is 35.0. The van der Waals surface area contributed by atoms with Gasteiger partial charge in [-0.15, -0.1) is 0 Å². The third-order valence-electron chi connectivity index (χ3n) is 6.20. The maximum atomic E-state index is 12.0. The lowest BCUT2D eigenvalue weighted by molar-refractivity contribution is 0.0564. The molecule has 0 spiro atoms. The molecule has 0 amide bonds. The van der Waals surface area contributed by atoms with E-state index in [9.17, 15) is 8.42 Å². The van der Waals surface area contributed by atoms with Gasteiger partial charge in [0.25, 0.3) is 10.1 Å². The van der Waals surface area contributed by atoms with Crippen LogP contribution in [-0.4, -0.2) is 46.0 Å². The second-order valence-corrected chi connectivity index (χ2v) is 9.51. The molecule has 4 atom stereocenters. The molecule has 2 aromatic carbocycles. The number of rotatable bonds is 5. The Hall–Kier alpha value is -1.89. The van der Waals surface area contributed by atoms with Crippen molar-refractivity contribution in [3.63, 3.8) is 0 Å². The van der Waals surface area contributed by atoms with Gasteiger partial charge in [0.05, 0.1) is 13.4 Å². The molecular weight excluding hydrogens is 374 g/mol. The van der Waals surface area contributed by atoms with Crippen molar-refractivity contribution >= 4 is 10.1 Å². The summed E-state index contributed by atoms with van der Waals surface area (Å²) in [7, 11) is 0.0908. The van der Waals surface area contributed by atoms with Gasteiger partial charge in [-0.05, 0) is 61.1 Å². The van der Waals surface area contributed by atoms with E-state index >= 15 is 0 Å². The molecule has 0 aromatic heterocycles. The van der Waals surface area contributed by atoms with Crippen molar-refractivity contribution < 1.29 is 17.3 Å². The van der Waals surface area contributed by atoms with Crippen molar-refractivity contribution in [2.45, 2.75) is 37.5 Å². The number of methoxy groups -OCH3 is 1. The molecule has 2 aromatic rings. The van der Waals surface area contributed by atoms with Crippen molar-refractivity contribution in [2.75, 3.05) is 20.4 Å². The van der Waals surface area contributed by atoms with E-state index in [0.29, 0.717) is 5.92 Å². The van der Waals surface area contributed by atoms with Gasteiger partial charge in [-0.25, -0.2) is 0 Å². The molecular formula is C22H27NO4S. The van der Waals surface area contributed by atoms with E-state index in [1.54, 1.807) is 7.11 Å². The molecule has 28 heavy (non-hydrogen) atoms. The van der Waals surface area contributed by atoms with E-state index < -0.39 is 16.3 Å². The van der Waals surface area contributed by atoms with E-state index in [-0.39, 0.29) is 12.0 Å². The van der Waals surface area contributed by atoms with E-state index in [0.717, 1.165) is 31.3 Å². The molecule has 1 heterocycles. The zero-order chi connectivity index (χ0) is 19.9. The van der Waals surface area contributed by atoms with Crippen LogP contribution < -0.4 is 4.74 Å². The summed E-state index contributed by atoms with van der Waals surface area (Å²) in [4.78, 5) is 2.13. The molecule has 4 rings (SSSR count). The Balaban J connectivity index is 1.73. The van der Waals surface area contributed by atoms with E-state index in [2.05, 4.69) is 41.3 Å². The number of nitrogens with zero attached hydrogens (tertiary/aromatic N) is 1. The summed E-state index contributed by atoms with van der Waals surface area (Å²) in [6.07, 6.45) is 3.52. The van der Waals surface area contributed by atoms with Crippen LogP contribution in [0.3, 0.4) is 0 Å². The number of ether oxygens (including phenoxy) is 1. The Morgan fingerprint density at radius 3 is 2.57 bits per heavy atom. The summed E-state index contributed by atoms with van der Waals surface area (Å²) in [5, 5.41) is 0. The topological polar surface area (TPSA) is 55.8 Å². The standard InChI is InChI=1S/C22H27NO4S/c1-23-20(13-15-7-5-4-6-8-15)19-11-9-16-14-17(26-2)10-12-18(16)21(19)22(23)27-28(3,24)25/h4-8,10,12,14,19-22H,9,11,13H2,1-3H3. The second-order valence-electron chi connectivity index (χ2n) is 7.91. The van der Waals surface area contributed by atoms with Gasteiger partial charge in [-0.2, -0.15) is 8.42 Å². The van der Waals surface area contributed by atoms with Gasteiger partial charge in [0.2, 0.25) is 0 Å². The molecule has 1 aliphatic carbocycles. The van der Waals surface area contributed by atoms with Crippen LogP contribution in [0.2, 0.25) is 0 Å². The normalized spacial score (nSPS) is 27.2. The molecule has 0 radical (unpaired) electrons. The first-order chi connectivity index (χ1) is 13.4. The highest BCUT2D eigenvalue weighted by atomic mass is 32.2. The smallest absolute Gasteiger partial charge is 0.265 e. The number of fused-ring (bicyclic) bond motifs is 3. The Morgan fingerprint density at radius 1 is 1.14 bits per heavy atom. The van der Waals surface area contributed by atoms with E-state index in [4.69, 9.17) is 8.92 Å². The summed E-state index contributed by atoms with van der Waals surface area (Å²) in [6, 6.07) is 16.7. The molecule has 1 saturated heterocycles. The van der Waals surface area contributed by atoms with Crippen LogP contribution in [0.4, 0.5) is 0 Å². The molecule has 0 saturated carbocycles. The van der Waals surface area contributed by atoms with Crippen molar-refractivity contribution in [3.05, 3.63) is 65.2 Å². The molecule has 1 aliphatic heterocycles. The van der Waals surface area contributed by atoms with Gasteiger partial charge in [-0.3, -0.25) is 9.08 Å². The molecule has 5 nitrogen and oxygen atoms in total. The zero-order valence-electron chi connectivity index (χ0n) is 16.5. The summed E-state index contributed by atoms with van der Waals surface area (Å²) in [5.74, 6) is 1.21.